The van der Waals surface area contributed by atoms with Crippen LogP contribution in [0.4, 0.5) is 19.3 Å². The number of carbonyl (C=O) groups excluding carboxylic acids is 1. The van der Waals surface area contributed by atoms with E-state index in [1.807, 2.05) is 0 Å². The fourth-order valence-electron chi connectivity index (χ4n) is 1.20. The molecule has 18 heavy (non-hydrogen) atoms. The fraction of sp³-hybridized carbons (Fsp3) is 0.364. The molecule has 0 radical (unpaired) electrons. The molecule has 1 aromatic carbocycles. The third-order valence-electron chi connectivity index (χ3n) is 2.00. The summed E-state index contributed by atoms with van der Waals surface area (Å²) in [5.41, 5.74) is 4.72. The normalized spacial score (nSPS) is 10.2. The van der Waals surface area contributed by atoms with Gasteiger partial charge in [0.25, 0.3) is 0 Å². The highest BCUT2D eigenvalue weighted by Crippen LogP contribution is 2.17. The van der Waals surface area contributed by atoms with Gasteiger partial charge in [0.1, 0.15) is 17.3 Å². The van der Waals surface area contributed by atoms with E-state index < -0.39 is 23.4 Å². The van der Waals surface area contributed by atoms with E-state index in [9.17, 15) is 13.6 Å². The first-order valence-electron chi connectivity index (χ1n) is 5.42. The molecule has 0 saturated carbocycles. The van der Waals surface area contributed by atoms with Crippen molar-refractivity contribution < 1.29 is 18.3 Å². The van der Waals surface area contributed by atoms with Gasteiger partial charge in [-0.25, -0.2) is 13.6 Å². The molecule has 0 aliphatic rings. The molecule has 1 rings (SSSR count). The SMILES string of the molecule is NCCOCCNC(=O)Nc1c(F)cccc1F. The maximum absolute atomic E-state index is 13.2. The van der Waals surface area contributed by atoms with Gasteiger partial charge in [0.2, 0.25) is 0 Å². The zero-order valence-corrected chi connectivity index (χ0v) is 9.71. The van der Waals surface area contributed by atoms with Gasteiger partial charge in [-0.2, -0.15) is 0 Å². The minimum atomic E-state index is -0.829. The Morgan fingerprint density at radius 1 is 1.28 bits per heavy atom. The van der Waals surface area contributed by atoms with Crippen molar-refractivity contribution in [2.75, 3.05) is 31.6 Å². The molecule has 1 aromatic rings. The molecule has 2 amide bonds. The van der Waals surface area contributed by atoms with Crippen LogP contribution in [0.5, 0.6) is 0 Å². The smallest absolute Gasteiger partial charge is 0.319 e. The van der Waals surface area contributed by atoms with Crippen LogP contribution < -0.4 is 16.4 Å². The molecule has 0 aliphatic carbocycles. The number of para-hydroxylation sites is 1. The van der Waals surface area contributed by atoms with Crippen LogP contribution in [0.2, 0.25) is 0 Å². The number of nitrogens with one attached hydrogen (secondary N) is 2. The minimum absolute atomic E-state index is 0.224. The summed E-state index contributed by atoms with van der Waals surface area (Å²) in [6, 6.07) is 2.64. The Labute approximate surface area is 103 Å². The zero-order valence-electron chi connectivity index (χ0n) is 9.71. The van der Waals surface area contributed by atoms with Crippen molar-refractivity contribution in [2.24, 2.45) is 5.73 Å². The average molecular weight is 259 g/mol. The van der Waals surface area contributed by atoms with Crippen molar-refractivity contribution in [2.45, 2.75) is 0 Å². The topological polar surface area (TPSA) is 76.4 Å². The molecule has 100 valence electrons. The molecule has 0 heterocycles. The largest absolute Gasteiger partial charge is 0.378 e. The van der Waals surface area contributed by atoms with Gasteiger partial charge >= 0.3 is 6.03 Å². The number of halogens is 2. The molecular formula is C11H15F2N3O2. The minimum Gasteiger partial charge on any atom is -0.378 e. The van der Waals surface area contributed by atoms with E-state index in [-0.39, 0.29) is 13.2 Å². The van der Waals surface area contributed by atoms with Crippen LogP contribution in [-0.4, -0.2) is 32.3 Å². The number of benzene rings is 1. The van der Waals surface area contributed by atoms with Gasteiger partial charge in [0.15, 0.2) is 0 Å². The summed E-state index contributed by atoms with van der Waals surface area (Å²) in [6.45, 7) is 1.30. The summed E-state index contributed by atoms with van der Waals surface area (Å²) in [6.07, 6.45) is 0. The quantitative estimate of drug-likeness (QED) is 0.669. The number of amides is 2. The second-order valence-electron chi connectivity index (χ2n) is 3.38. The summed E-state index contributed by atoms with van der Waals surface area (Å²) < 4.78 is 31.4. The van der Waals surface area contributed by atoms with Crippen LogP contribution in [0.3, 0.4) is 0 Å². The molecule has 0 aliphatic heterocycles. The van der Waals surface area contributed by atoms with Crippen molar-refractivity contribution in [3.63, 3.8) is 0 Å². The Bertz CT molecular complexity index is 382. The average Bonchev–Trinajstić information content (AvgIpc) is 2.34. The lowest BCUT2D eigenvalue weighted by Crippen LogP contribution is -2.32. The van der Waals surface area contributed by atoms with Crippen LogP contribution in [-0.2, 0) is 4.74 Å². The molecule has 4 N–H and O–H groups in total. The first kappa shape index (κ1) is 14.3. The van der Waals surface area contributed by atoms with E-state index in [1.54, 1.807) is 0 Å². The molecule has 0 spiro atoms. The van der Waals surface area contributed by atoms with Crippen molar-refractivity contribution in [1.82, 2.24) is 5.32 Å². The van der Waals surface area contributed by atoms with E-state index in [1.165, 1.54) is 6.07 Å². The molecular weight excluding hydrogens is 244 g/mol. The van der Waals surface area contributed by atoms with E-state index in [0.29, 0.717) is 13.2 Å². The number of anilines is 1. The number of ether oxygens (including phenoxy) is 1. The number of hydrogen-bond acceptors (Lipinski definition) is 3. The van der Waals surface area contributed by atoms with Crippen LogP contribution in [0.15, 0.2) is 18.2 Å². The lowest BCUT2D eigenvalue weighted by Gasteiger charge is -2.09. The summed E-state index contributed by atoms with van der Waals surface area (Å²) in [5, 5.41) is 4.48. The molecule has 0 fully saturated rings. The van der Waals surface area contributed by atoms with E-state index >= 15 is 0 Å². The second kappa shape index (κ2) is 7.57. The van der Waals surface area contributed by atoms with Crippen LogP contribution >= 0.6 is 0 Å². The summed E-state index contributed by atoms with van der Waals surface area (Å²) in [5.74, 6) is -1.66. The van der Waals surface area contributed by atoms with Gasteiger partial charge in [-0.1, -0.05) is 6.07 Å². The summed E-state index contributed by atoms with van der Waals surface area (Å²) in [4.78, 5) is 11.3. The van der Waals surface area contributed by atoms with Crippen LogP contribution in [0.1, 0.15) is 0 Å². The summed E-state index contributed by atoms with van der Waals surface area (Å²) >= 11 is 0. The van der Waals surface area contributed by atoms with Crippen LogP contribution in [0.25, 0.3) is 0 Å². The monoisotopic (exact) mass is 259 g/mol. The van der Waals surface area contributed by atoms with Gasteiger partial charge in [-0.3, -0.25) is 0 Å². The van der Waals surface area contributed by atoms with Crippen LogP contribution in [0, 0.1) is 11.6 Å². The second-order valence-corrected chi connectivity index (χ2v) is 3.38. The Balaban J connectivity index is 2.36. The highest BCUT2D eigenvalue weighted by Gasteiger charge is 2.10. The van der Waals surface area contributed by atoms with Crippen molar-refractivity contribution in [1.29, 1.82) is 0 Å². The van der Waals surface area contributed by atoms with Gasteiger partial charge in [0, 0.05) is 13.1 Å². The van der Waals surface area contributed by atoms with Crippen molar-refractivity contribution >= 4 is 11.7 Å². The standard InChI is InChI=1S/C11H15F2N3O2/c12-8-2-1-3-9(13)10(8)16-11(17)15-5-7-18-6-4-14/h1-3H,4-7,14H2,(H2,15,16,17). The number of urea groups is 1. The molecule has 0 bridgehead atoms. The van der Waals surface area contributed by atoms with Gasteiger partial charge < -0.3 is 21.1 Å². The van der Waals surface area contributed by atoms with E-state index in [4.69, 9.17) is 10.5 Å². The van der Waals surface area contributed by atoms with Gasteiger partial charge in [-0.15, -0.1) is 0 Å². The number of hydrogen-bond donors (Lipinski definition) is 3. The molecule has 0 aromatic heterocycles. The van der Waals surface area contributed by atoms with E-state index in [2.05, 4.69) is 10.6 Å². The lowest BCUT2D eigenvalue weighted by atomic mass is 10.3. The van der Waals surface area contributed by atoms with Gasteiger partial charge in [-0.05, 0) is 12.1 Å². The number of carbonyl (C=O) groups is 1. The number of rotatable bonds is 6. The van der Waals surface area contributed by atoms with Gasteiger partial charge in [0.05, 0.1) is 13.2 Å². The molecule has 0 unspecified atom stereocenters. The maximum Gasteiger partial charge on any atom is 0.319 e. The van der Waals surface area contributed by atoms with Crippen molar-refractivity contribution in [3.05, 3.63) is 29.8 Å². The predicted molar refractivity (Wildman–Crippen MR) is 63.3 cm³/mol. The first-order valence-corrected chi connectivity index (χ1v) is 5.42. The summed E-state index contributed by atoms with van der Waals surface area (Å²) in [7, 11) is 0. The Morgan fingerprint density at radius 3 is 2.56 bits per heavy atom. The highest BCUT2D eigenvalue weighted by atomic mass is 19.1. The number of nitrogens with two attached hydrogens (primary N) is 1. The Morgan fingerprint density at radius 2 is 1.94 bits per heavy atom. The Kier molecular flexibility index (Phi) is 6.03. The van der Waals surface area contributed by atoms with E-state index in [0.717, 1.165) is 12.1 Å². The molecule has 5 nitrogen and oxygen atoms in total. The lowest BCUT2D eigenvalue weighted by molar-refractivity contribution is 0.144. The first-order chi connectivity index (χ1) is 8.65. The predicted octanol–water partition coefficient (Wildman–Crippen LogP) is 1.06. The zero-order chi connectivity index (χ0) is 13.4. The highest BCUT2D eigenvalue weighted by molar-refractivity contribution is 5.89. The fourth-order valence-corrected chi connectivity index (χ4v) is 1.20. The molecule has 0 saturated heterocycles. The van der Waals surface area contributed by atoms with Crippen molar-refractivity contribution in [3.8, 4) is 0 Å². The maximum atomic E-state index is 13.2. The third-order valence-corrected chi connectivity index (χ3v) is 2.00. The molecule has 7 heteroatoms. The third kappa shape index (κ3) is 4.64. The molecule has 0 atom stereocenters. The Hall–Kier alpha value is -1.73.